The molecule has 0 saturated carbocycles. The van der Waals surface area contributed by atoms with Gasteiger partial charge in [-0.2, -0.15) is 0 Å². The first-order valence-electron chi connectivity index (χ1n) is 5.79. The van der Waals surface area contributed by atoms with E-state index in [2.05, 4.69) is 11.9 Å². The molecule has 2 N–H and O–H groups in total. The highest BCUT2D eigenvalue weighted by molar-refractivity contribution is 5.79. The van der Waals surface area contributed by atoms with E-state index in [9.17, 15) is 9.59 Å². The van der Waals surface area contributed by atoms with E-state index in [-0.39, 0.29) is 18.6 Å². The van der Waals surface area contributed by atoms with Gasteiger partial charge in [0.25, 0.3) is 0 Å². The number of rotatable bonds is 4. The Labute approximate surface area is 101 Å². The average Bonchev–Trinajstić information content (AvgIpc) is 2.62. The highest BCUT2D eigenvalue weighted by Gasteiger charge is 2.42. The number of carbonyl (C=O) groups excluding carboxylic acids is 1. The van der Waals surface area contributed by atoms with E-state index in [1.165, 1.54) is 0 Å². The van der Waals surface area contributed by atoms with Crippen LogP contribution in [0, 0.1) is 5.41 Å². The molecule has 2 atom stereocenters. The third-order valence-electron chi connectivity index (χ3n) is 3.17. The first kappa shape index (κ1) is 13.5. The molecule has 5 nitrogen and oxygen atoms in total. The fourth-order valence-corrected chi connectivity index (χ4v) is 1.92. The van der Waals surface area contributed by atoms with Gasteiger partial charge in [0, 0.05) is 19.1 Å². The van der Waals surface area contributed by atoms with Gasteiger partial charge in [0.15, 0.2) is 0 Å². The van der Waals surface area contributed by atoms with E-state index < -0.39 is 11.4 Å². The van der Waals surface area contributed by atoms with E-state index in [0.29, 0.717) is 19.4 Å². The van der Waals surface area contributed by atoms with E-state index in [1.807, 2.05) is 6.92 Å². The van der Waals surface area contributed by atoms with Crippen LogP contribution < -0.4 is 5.32 Å². The maximum absolute atomic E-state index is 11.8. The molecule has 1 rings (SSSR count). The Hall–Kier alpha value is -1.52. The second-order valence-corrected chi connectivity index (χ2v) is 4.91. The lowest BCUT2D eigenvalue weighted by Crippen LogP contribution is -2.44. The van der Waals surface area contributed by atoms with Crippen LogP contribution in [-0.2, 0) is 4.79 Å². The number of nitrogens with one attached hydrogen (secondary N) is 1. The monoisotopic (exact) mass is 240 g/mol. The number of carbonyl (C=O) groups is 2. The van der Waals surface area contributed by atoms with Crippen LogP contribution in [0.15, 0.2) is 12.7 Å². The van der Waals surface area contributed by atoms with E-state index >= 15 is 0 Å². The summed E-state index contributed by atoms with van der Waals surface area (Å²) in [6, 6.07) is -0.166. The van der Waals surface area contributed by atoms with Crippen molar-refractivity contribution in [3.8, 4) is 0 Å². The second kappa shape index (κ2) is 5.21. The van der Waals surface area contributed by atoms with Crippen molar-refractivity contribution in [2.75, 3.05) is 13.1 Å². The summed E-state index contributed by atoms with van der Waals surface area (Å²) in [7, 11) is 0. The maximum Gasteiger partial charge on any atom is 0.317 e. The Morgan fingerprint density at radius 1 is 1.65 bits per heavy atom. The molecule has 5 heteroatoms. The van der Waals surface area contributed by atoms with Crippen LogP contribution in [0.3, 0.4) is 0 Å². The number of likely N-dealkylation sites (tertiary alicyclic amines) is 1. The molecule has 2 amide bonds. The number of hydrogen-bond acceptors (Lipinski definition) is 2. The number of urea groups is 1. The first-order valence-corrected chi connectivity index (χ1v) is 5.79. The molecule has 0 aromatic carbocycles. The molecule has 1 aliphatic heterocycles. The predicted molar refractivity (Wildman–Crippen MR) is 64.7 cm³/mol. The minimum Gasteiger partial charge on any atom is -0.481 e. The molecule has 96 valence electrons. The lowest BCUT2D eigenvalue weighted by Gasteiger charge is -2.22. The molecular weight excluding hydrogens is 220 g/mol. The normalized spacial score (nSPS) is 25.4. The summed E-state index contributed by atoms with van der Waals surface area (Å²) in [4.78, 5) is 24.4. The number of amides is 2. The smallest absolute Gasteiger partial charge is 0.317 e. The summed E-state index contributed by atoms with van der Waals surface area (Å²) < 4.78 is 0. The van der Waals surface area contributed by atoms with Gasteiger partial charge in [-0.05, 0) is 26.7 Å². The fraction of sp³-hybridized carbons (Fsp3) is 0.667. The Bertz CT molecular complexity index is 330. The van der Waals surface area contributed by atoms with Crippen molar-refractivity contribution < 1.29 is 14.7 Å². The quantitative estimate of drug-likeness (QED) is 0.731. The lowest BCUT2D eigenvalue weighted by molar-refractivity contribution is -0.146. The number of hydrogen-bond donors (Lipinski definition) is 2. The molecule has 1 heterocycles. The largest absolute Gasteiger partial charge is 0.481 e. The fourth-order valence-electron chi connectivity index (χ4n) is 1.92. The summed E-state index contributed by atoms with van der Waals surface area (Å²) >= 11 is 0. The molecular formula is C12H20N2O3. The first-order chi connectivity index (χ1) is 7.89. The predicted octanol–water partition coefficient (Wildman–Crippen LogP) is 1.46. The van der Waals surface area contributed by atoms with Gasteiger partial charge >= 0.3 is 12.0 Å². The van der Waals surface area contributed by atoms with Gasteiger partial charge in [-0.1, -0.05) is 6.08 Å². The highest BCUT2D eigenvalue weighted by atomic mass is 16.4. The van der Waals surface area contributed by atoms with Crippen LogP contribution in [0.2, 0.25) is 0 Å². The van der Waals surface area contributed by atoms with Crippen LogP contribution in [-0.4, -0.2) is 41.1 Å². The summed E-state index contributed by atoms with van der Waals surface area (Å²) in [5.41, 5.74) is -0.807. The number of nitrogens with zero attached hydrogens (tertiary/aromatic N) is 1. The molecule has 1 aliphatic rings. The SMILES string of the molecule is C=CCC(C)NC(=O)N1CCC(C)(C(=O)O)C1. The zero-order chi connectivity index (χ0) is 13.1. The maximum atomic E-state index is 11.8. The number of aliphatic carboxylic acids is 1. The highest BCUT2D eigenvalue weighted by Crippen LogP contribution is 2.29. The summed E-state index contributed by atoms with van der Waals surface area (Å²) in [6.07, 6.45) is 2.96. The number of carboxylic acids is 1. The van der Waals surface area contributed by atoms with Crippen molar-refractivity contribution in [1.82, 2.24) is 10.2 Å². The molecule has 0 aromatic heterocycles. The zero-order valence-corrected chi connectivity index (χ0v) is 10.4. The molecule has 0 spiro atoms. The molecule has 17 heavy (non-hydrogen) atoms. The zero-order valence-electron chi connectivity index (χ0n) is 10.4. The van der Waals surface area contributed by atoms with Crippen molar-refractivity contribution in [2.45, 2.75) is 32.7 Å². The van der Waals surface area contributed by atoms with Gasteiger partial charge in [-0.3, -0.25) is 4.79 Å². The summed E-state index contributed by atoms with van der Waals surface area (Å²) in [5.74, 6) is -0.841. The van der Waals surface area contributed by atoms with Crippen molar-refractivity contribution in [3.63, 3.8) is 0 Å². The van der Waals surface area contributed by atoms with Gasteiger partial charge in [0.1, 0.15) is 0 Å². The lowest BCUT2D eigenvalue weighted by atomic mass is 9.90. The van der Waals surface area contributed by atoms with Crippen LogP contribution >= 0.6 is 0 Å². The van der Waals surface area contributed by atoms with Crippen LogP contribution in [0.4, 0.5) is 4.79 Å². The van der Waals surface area contributed by atoms with Gasteiger partial charge in [-0.15, -0.1) is 6.58 Å². The second-order valence-electron chi connectivity index (χ2n) is 4.91. The molecule has 1 fully saturated rings. The van der Waals surface area contributed by atoms with Crippen LogP contribution in [0.5, 0.6) is 0 Å². The third-order valence-corrected chi connectivity index (χ3v) is 3.17. The van der Waals surface area contributed by atoms with Crippen LogP contribution in [0.25, 0.3) is 0 Å². The van der Waals surface area contributed by atoms with Crippen molar-refractivity contribution in [3.05, 3.63) is 12.7 Å². The molecule has 0 aromatic rings. The molecule has 1 saturated heterocycles. The number of carboxylic acid groups (broad SMARTS) is 1. The van der Waals surface area contributed by atoms with Gasteiger partial charge in [-0.25, -0.2) is 4.79 Å². The van der Waals surface area contributed by atoms with Gasteiger partial charge in [0.05, 0.1) is 5.41 Å². The Morgan fingerprint density at radius 3 is 2.76 bits per heavy atom. The Kier molecular flexibility index (Phi) is 4.15. The van der Waals surface area contributed by atoms with Crippen molar-refractivity contribution in [1.29, 1.82) is 0 Å². The van der Waals surface area contributed by atoms with E-state index in [4.69, 9.17) is 5.11 Å². The van der Waals surface area contributed by atoms with Gasteiger partial charge in [0.2, 0.25) is 0 Å². The van der Waals surface area contributed by atoms with Gasteiger partial charge < -0.3 is 15.3 Å². The van der Waals surface area contributed by atoms with Crippen molar-refractivity contribution >= 4 is 12.0 Å². The minimum absolute atomic E-state index is 0.0247. The standard InChI is InChI=1S/C12H20N2O3/c1-4-5-9(2)13-11(17)14-7-6-12(3,8-14)10(15)16/h4,9H,1,5-8H2,2-3H3,(H,13,17)(H,15,16). The topological polar surface area (TPSA) is 69.6 Å². The Morgan fingerprint density at radius 2 is 2.29 bits per heavy atom. The molecule has 0 radical (unpaired) electrons. The molecule has 0 bridgehead atoms. The third kappa shape index (κ3) is 3.22. The summed E-state index contributed by atoms with van der Waals surface area (Å²) in [6.45, 7) is 7.95. The average molecular weight is 240 g/mol. The molecule has 2 unspecified atom stereocenters. The van der Waals surface area contributed by atoms with E-state index in [1.54, 1.807) is 17.9 Å². The molecule has 0 aliphatic carbocycles. The van der Waals surface area contributed by atoms with E-state index in [0.717, 1.165) is 0 Å². The minimum atomic E-state index is -0.841. The summed E-state index contributed by atoms with van der Waals surface area (Å²) in [5, 5.41) is 11.9. The Balaban J connectivity index is 2.51. The van der Waals surface area contributed by atoms with Crippen molar-refractivity contribution in [2.24, 2.45) is 5.41 Å². The van der Waals surface area contributed by atoms with Crippen LogP contribution in [0.1, 0.15) is 26.7 Å².